The van der Waals surface area contributed by atoms with Crippen LogP contribution in [0.4, 0.5) is 14.9 Å². The third-order valence-corrected chi connectivity index (χ3v) is 7.64. The van der Waals surface area contributed by atoms with Gasteiger partial charge in [-0.1, -0.05) is 24.3 Å². The molecule has 2 fully saturated rings. The number of rotatable bonds is 6. The van der Waals surface area contributed by atoms with Crippen LogP contribution in [0.5, 0.6) is 0 Å². The number of carbonyl (C=O) groups excluding carboxylic acids is 1. The van der Waals surface area contributed by atoms with Gasteiger partial charge in [0.25, 0.3) is 0 Å². The Morgan fingerprint density at radius 1 is 1.03 bits per heavy atom. The van der Waals surface area contributed by atoms with Gasteiger partial charge in [-0.15, -0.1) is 0 Å². The monoisotopic (exact) mass is 493 g/mol. The number of benzene rings is 1. The molecule has 2 aliphatic rings. The van der Waals surface area contributed by atoms with Crippen molar-refractivity contribution in [3.8, 4) is 11.1 Å². The molecular weight excluding hydrogens is 457 g/mol. The average molecular weight is 494 g/mol. The number of piperazine rings is 1. The predicted octanol–water partition coefficient (Wildman–Crippen LogP) is 4.82. The summed E-state index contributed by atoms with van der Waals surface area (Å²) in [6, 6.07) is 13.9. The quantitative estimate of drug-likeness (QED) is 0.493. The third-order valence-electron chi connectivity index (χ3n) is 7.64. The van der Waals surface area contributed by atoms with Crippen LogP contribution in [0.25, 0.3) is 16.6 Å². The van der Waals surface area contributed by atoms with Gasteiger partial charge in [0.2, 0.25) is 0 Å². The van der Waals surface area contributed by atoms with Crippen LogP contribution >= 0.6 is 0 Å². The second-order valence-electron chi connectivity index (χ2n) is 10.1. The minimum atomic E-state index is -0.655. The van der Waals surface area contributed by atoms with Gasteiger partial charge in [0.15, 0.2) is 0 Å². The molecule has 0 saturated carbocycles. The van der Waals surface area contributed by atoms with Crippen LogP contribution in [-0.2, 0) is 4.74 Å². The maximum Gasteiger partial charge on any atom is 0.409 e. The first-order chi connectivity index (χ1) is 17.5. The lowest BCUT2D eigenvalue weighted by molar-refractivity contribution is 0.0944. The summed E-state index contributed by atoms with van der Waals surface area (Å²) < 4.78 is 19.2. The number of hydrogen-bond donors (Lipinski definition) is 0. The van der Waals surface area contributed by atoms with Gasteiger partial charge in [0.1, 0.15) is 13.3 Å². The van der Waals surface area contributed by atoms with E-state index in [-0.39, 0.29) is 6.61 Å². The summed E-state index contributed by atoms with van der Waals surface area (Å²) in [6.45, 7) is 8.55. The molecule has 0 unspecified atom stereocenters. The van der Waals surface area contributed by atoms with Crippen LogP contribution in [-0.4, -0.2) is 84.1 Å². The molecule has 4 heterocycles. The zero-order chi connectivity index (χ0) is 25.1. The molecular formula is C28H36FN5O2. The molecule has 0 spiro atoms. The molecule has 2 saturated heterocycles. The Kier molecular flexibility index (Phi) is 7.41. The summed E-state index contributed by atoms with van der Waals surface area (Å²) in [5.74, 6) is 0.642. The number of amides is 1. The summed E-state index contributed by atoms with van der Waals surface area (Å²) in [5, 5.41) is 4.54. The van der Waals surface area contributed by atoms with Crippen LogP contribution in [0.15, 0.2) is 48.8 Å². The molecule has 36 heavy (non-hydrogen) atoms. The standard InChI is InChI=1S/C28H36FN5O2/c1-21(2)31-12-8-24(9-13-31)22-3-5-23(6-4-22)25-19-27-26(7-11-30-34(27)20-25)32-14-16-33(17-15-32)28(35)36-18-10-29/h3-7,11,19-21,24H,8-10,12-18H2,1-2H3. The number of carbonyl (C=O) groups is 1. The van der Waals surface area contributed by atoms with Gasteiger partial charge in [-0.3, -0.25) is 0 Å². The highest BCUT2D eigenvalue weighted by Gasteiger charge is 2.24. The number of anilines is 1. The number of aromatic nitrogens is 2. The molecule has 1 aromatic carbocycles. The topological polar surface area (TPSA) is 53.3 Å². The van der Waals surface area contributed by atoms with Gasteiger partial charge in [0.05, 0.1) is 11.2 Å². The first kappa shape index (κ1) is 24.6. The van der Waals surface area contributed by atoms with Crippen LogP contribution in [0.3, 0.4) is 0 Å². The van der Waals surface area contributed by atoms with Crippen LogP contribution in [0.1, 0.15) is 38.2 Å². The molecule has 0 bridgehead atoms. The van der Waals surface area contributed by atoms with E-state index in [0.717, 1.165) is 16.8 Å². The van der Waals surface area contributed by atoms with E-state index in [1.54, 1.807) is 4.90 Å². The highest BCUT2D eigenvalue weighted by Crippen LogP contribution is 2.32. The van der Waals surface area contributed by atoms with Crippen LogP contribution in [0, 0.1) is 0 Å². The van der Waals surface area contributed by atoms with E-state index >= 15 is 0 Å². The molecule has 2 aliphatic heterocycles. The average Bonchev–Trinajstić information content (AvgIpc) is 3.36. The zero-order valence-corrected chi connectivity index (χ0v) is 21.3. The number of likely N-dealkylation sites (tertiary alicyclic amines) is 1. The first-order valence-electron chi connectivity index (χ1n) is 13.1. The molecule has 2 aromatic heterocycles. The molecule has 0 atom stereocenters. The number of ether oxygens (including phenoxy) is 1. The van der Waals surface area contributed by atoms with Crippen molar-refractivity contribution in [2.45, 2.75) is 38.6 Å². The number of halogens is 1. The first-order valence-corrected chi connectivity index (χ1v) is 13.1. The second kappa shape index (κ2) is 10.9. The summed E-state index contributed by atoms with van der Waals surface area (Å²) in [7, 11) is 0. The van der Waals surface area contributed by atoms with E-state index in [0.29, 0.717) is 38.1 Å². The highest BCUT2D eigenvalue weighted by molar-refractivity contribution is 5.80. The Labute approximate surface area is 212 Å². The van der Waals surface area contributed by atoms with Gasteiger partial charge < -0.3 is 19.4 Å². The number of alkyl halides is 1. The number of hydrogen-bond acceptors (Lipinski definition) is 5. The van der Waals surface area contributed by atoms with Crippen molar-refractivity contribution in [3.05, 3.63) is 54.4 Å². The van der Waals surface area contributed by atoms with Crippen molar-refractivity contribution in [1.29, 1.82) is 0 Å². The number of piperidine rings is 1. The third kappa shape index (κ3) is 5.19. The molecule has 7 nitrogen and oxygen atoms in total. The van der Waals surface area contributed by atoms with E-state index in [9.17, 15) is 9.18 Å². The summed E-state index contributed by atoms with van der Waals surface area (Å²) in [4.78, 5) is 18.5. The molecule has 1 amide bonds. The minimum Gasteiger partial charge on any atom is -0.447 e. The van der Waals surface area contributed by atoms with Gasteiger partial charge >= 0.3 is 6.09 Å². The second-order valence-corrected chi connectivity index (χ2v) is 10.1. The van der Waals surface area contributed by atoms with Crippen molar-refractivity contribution in [2.75, 3.05) is 57.4 Å². The van der Waals surface area contributed by atoms with Crippen molar-refractivity contribution in [1.82, 2.24) is 19.4 Å². The predicted molar refractivity (Wildman–Crippen MR) is 140 cm³/mol. The van der Waals surface area contributed by atoms with Crippen molar-refractivity contribution >= 4 is 17.3 Å². The van der Waals surface area contributed by atoms with Crippen LogP contribution in [0.2, 0.25) is 0 Å². The Hall–Kier alpha value is -3.13. The largest absolute Gasteiger partial charge is 0.447 e. The lowest BCUT2D eigenvalue weighted by Gasteiger charge is -2.35. The van der Waals surface area contributed by atoms with E-state index in [1.807, 2.05) is 16.8 Å². The molecule has 5 rings (SSSR count). The summed E-state index contributed by atoms with van der Waals surface area (Å²) in [5.41, 5.74) is 5.92. The lowest BCUT2D eigenvalue weighted by atomic mass is 9.88. The smallest absolute Gasteiger partial charge is 0.409 e. The van der Waals surface area contributed by atoms with Gasteiger partial charge in [0, 0.05) is 50.2 Å². The van der Waals surface area contributed by atoms with Crippen LogP contribution < -0.4 is 4.90 Å². The maximum atomic E-state index is 12.3. The molecule has 3 aromatic rings. The van der Waals surface area contributed by atoms with Crippen molar-refractivity contribution in [2.24, 2.45) is 0 Å². The Bertz CT molecular complexity index is 1160. The number of nitrogens with zero attached hydrogens (tertiary/aromatic N) is 5. The fraction of sp³-hybridized carbons (Fsp3) is 0.500. The Morgan fingerprint density at radius 3 is 2.42 bits per heavy atom. The number of fused-ring (bicyclic) bond motifs is 1. The SMILES string of the molecule is CC(C)N1CCC(c2ccc(-c3cc4c(N5CCN(C(=O)OCCF)CC5)ccnn4c3)cc2)CC1. The highest BCUT2D eigenvalue weighted by atomic mass is 19.1. The van der Waals surface area contributed by atoms with Gasteiger partial charge in [-0.05, 0) is 69.0 Å². The maximum absolute atomic E-state index is 12.3. The van der Waals surface area contributed by atoms with E-state index in [4.69, 9.17) is 4.74 Å². The summed E-state index contributed by atoms with van der Waals surface area (Å²) >= 11 is 0. The van der Waals surface area contributed by atoms with E-state index in [1.165, 1.54) is 37.1 Å². The Morgan fingerprint density at radius 2 is 1.75 bits per heavy atom. The molecule has 0 radical (unpaired) electrons. The van der Waals surface area contributed by atoms with Gasteiger partial charge in [-0.2, -0.15) is 5.10 Å². The summed E-state index contributed by atoms with van der Waals surface area (Å²) in [6.07, 6.45) is 5.91. The molecule has 0 N–H and O–H groups in total. The Balaban J connectivity index is 1.27. The molecule has 192 valence electrons. The molecule has 8 heteroatoms. The normalized spacial score (nSPS) is 17.8. The lowest BCUT2D eigenvalue weighted by Crippen LogP contribution is -2.49. The fourth-order valence-electron chi connectivity index (χ4n) is 5.47. The van der Waals surface area contributed by atoms with Gasteiger partial charge in [-0.25, -0.2) is 13.7 Å². The van der Waals surface area contributed by atoms with Crippen molar-refractivity contribution in [3.63, 3.8) is 0 Å². The minimum absolute atomic E-state index is 0.185. The van der Waals surface area contributed by atoms with Crippen molar-refractivity contribution < 1.29 is 13.9 Å². The fourth-order valence-corrected chi connectivity index (χ4v) is 5.47. The van der Waals surface area contributed by atoms with E-state index < -0.39 is 12.8 Å². The molecule has 0 aliphatic carbocycles. The zero-order valence-electron chi connectivity index (χ0n) is 21.3. The van der Waals surface area contributed by atoms with E-state index in [2.05, 4.69) is 65.3 Å².